The van der Waals surface area contributed by atoms with E-state index in [4.69, 9.17) is 9.47 Å². The highest BCUT2D eigenvalue weighted by Gasteiger charge is 2.38. The number of likely N-dealkylation sites (N-methyl/N-ethyl adjacent to an activating group) is 1. The number of hydrogen-bond acceptors (Lipinski definition) is 4. The number of carbonyl (C=O) groups is 1. The average molecular weight is 242 g/mol. The van der Waals surface area contributed by atoms with E-state index in [2.05, 4.69) is 11.9 Å². The van der Waals surface area contributed by atoms with Gasteiger partial charge in [-0.05, 0) is 27.8 Å². The molecule has 0 aromatic heterocycles. The van der Waals surface area contributed by atoms with Crippen LogP contribution >= 0.6 is 0 Å². The molecule has 0 radical (unpaired) electrons. The molecule has 2 fully saturated rings. The first-order valence-corrected chi connectivity index (χ1v) is 6.14. The highest BCUT2D eigenvalue weighted by atomic mass is 16.6. The highest BCUT2D eigenvalue weighted by Crippen LogP contribution is 2.21. The fourth-order valence-electron chi connectivity index (χ4n) is 2.30. The molecule has 98 valence electrons. The maximum absolute atomic E-state index is 12.0. The van der Waals surface area contributed by atoms with Gasteiger partial charge in [-0.2, -0.15) is 0 Å². The second kappa shape index (κ2) is 4.46. The second-order valence-electron chi connectivity index (χ2n) is 5.90. The molecule has 0 N–H and O–H groups in total. The minimum absolute atomic E-state index is 0.206. The topological polar surface area (TPSA) is 42.0 Å². The van der Waals surface area contributed by atoms with Gasteiger partial charge < -0.3 is 14.4 Å². The number of rotatable bonds is 0. The predicted molar refractivity (Wildman–Crippen MR) is 64.0 cm³/mol. The molecule has 2 aliphatic heterocycles. The van der Waals surface area contributed by atoms with Crippen molar-refractivity contribution in [2.24, 2.45) is 0 Å². The Balaban J connectivity index is 1.97. The van der Waals surface area contributed by atoms with Crippen molar-refractivity contribution in [2.45, 2.75) is 38.5 Å². The number of hydrogen-bond donors (Lipinski definition) is 0. The summed E-state index contributed by atoms with van der Waals surface area (Å²) in [4.78, 5) is 16.1. The summed E-state index contributed by atoms with van der Waals surface area (Å²) in [7, 11) is 2.10. The molecule has 2 aliphatic rings. The highest BCUT2D eigenvalue weighted by molar-refractivity contribution is 5.68. The third-order valence-electron chi connectivity index (χ3n) is 3.29. The lowest BCUT2D eigenvalue weighted by Gasteiger charge is -2.47. The summed E-state index contributed by atoms with van der Waals surface area (Å²) >= 11 is 0. The molecular weight excluding hydrogens is 220 g/mol. The minimum Gasteiger partial charge on any atom is -0.444 e. The minimum atomic E-state index is -0.425. The molecule has 0 spiro atoms. The molecule has 2 rings (SSSR count). The largest absolute Gasteiger partial charge is 0.444 e. The van der Waals surface area contributed by atoms with Crippen LogP contribution in [-0.2, 0) is 9.47 Å². The van der Waals surface area contributed by atoms with Gasteiger partial charge in [-0.15, -0.1) is 0 Å². The van der Waals surface area contributed by atoms with Crippen LogP contribution in [0.25, 0.3) is 0 Å². The van der Waals surface area contributed by atoms with Gasteiger partial charge in [-0.3, -0.25) is 4.90 Å². The molecule has 17 heavy (non-hydrogen) atoms. The average Bonchev–Trinajstić information content (AvgIpc) is 2.13. The Morgan fingerprint density at radius 3 is 2.24 bits per heavy atom. The van der Waals surface area contributed by atoms with Crippen LogP contribution in [0.5, 0.6) is 0 Å². The summed E-state index contributed by atoms with van der Waals surface area (Å²) in [6.45, 7) is 8.48. The Morgan fingerprint density at radius 1 is 1.24 bits per heavy atom. The zero-order chi connectivity index (χ0) is 12.6. The number of amides is 1. The molecule has 0 saturated carbocycles. The van der Waals surface area contributed by atoms with Gasteiger partial charge in [0.05, 0.1) is 25.3 Å². The van der Waals surface area contributed by atoms with E-state index in [9.17, 15) is 4.79 Å². The molecule has 2 heterocycles. The summed E-state index contributed by atoms with van der Waals surface area (Å²) < 4.78 is 10.9. The first-order chi connectivity index (χ1) is 7.87. The quantitative estimate of drug-likeness (QED) is 0.634. The fourth-order valence-corrected chi connectivity index (χ4v) is 2.30. The normalized spacial score (nSPS) is 30.2. The molecular formula is C12H22N2O3. The van der Waals surface area contributed by atoms with Crippen molar-refractivity contribution in [3.05, 3.63) is 0 Å². The van der Waals surface area contributed by atoms with Gasteiger partial charge in [-0.1, -0.05) is 0 Å². The lowest BCUT2D eigenvalue weighted by Crippen LogP contribution is -2.64. The monoisotopic (exact) mass is 242 g/mol. The van der Waals surface area contributed by atoms with E-state index in [1.54, 1.807) is 0 Å². The van der Waals surface area contributed by atoms with Crippen molar-refractivity contribution in [3.8, 4) is 0 Å². The van der Waals surface area contributed by atoms with Crippen molar-refractivity contribution < 1.29 is 14.3 Å². The number of morpholine rings is 1. The molecule has 5 nitrogen and oxygen atoms in total. The first kappa shape index (κ1) is 12.6. The van der Waals surface area contributed by atoms with Crippen molar-refractivity contribution in [1.29, 1.82) is 0 Å². The van der Waals surface area contributed by atoms with E-state index in [1.807, 2.05) is 25.7 Å². The molecule has 2 saturated heterocycles. The van der Waals surface area contributed by atoms with E-state index >= 15 is 0 Å². The fraction of sp³-hybridized carbons (Fsp3) is 0.917. The van der Waals surface area contributed by atoms with Crippen molar-refractivity contribution >= 4 is 6.09 Å². The smallest absolute Gasteiger partial charge is 0.410 e. The van der Waals surface area contributed by atoms with Gasteiger partial charge in [0.25, 0.3) is 0 Å². The van der Waals surface area contributed by atoms with Gasteiger partial charge in [0.1, 0.15) is 5.60 Å². The van der Waals surface area contributed by atoms with Crippen LogP contribution < -0.4 is 0 Å². The van der Waals surface area contributed by atoms with E-state index in [0.29, 0.717) is 38.4 Å². The maximum atomic E-state index is 12.0. The molecule has 2 atom stereocenters. The third-order valence-corrected chi connectivity index (χ3v) is 3.29. The second-order valence-corrected chi connectivity index (χ2v) is 5.90. The van der Waals surface area contributed by atoms with Crippen LogP contribution in [-0.4, -0.2) is 66.9 Å². The number of fused-ring (bicyclic) bond motifs is 2. The number of ether oxygens (including phenoxy) is 2. The number of piperazine rings is 1. The Kier molecular flexibility index (Phi) is 3.32. The van der Waals surface area contributed by atoms with E-state index < -0.39 is 5.60 Å². The van der Waals surface area contributed by atoms with Crippen molar-refractivity contribution in [3.63, 3.8) is 0 Å². The Hall–Kier alpha value is -0.810. The van der Waals surface area contributed by atoms with Crippen LogP contribution in [0.1, 0.15) is 20.8 Å². The zero-order valence-corrected chi connectivity index (χ0v) is 11.1. The van der Waals surface area contributed by atoms with E-state index in [-0.39, 0.29) is 6.09 Å². The summed E-state index contributed by atoms with van der Waals surface area (Å²) in [6.07, 6.45) is -0.206. The Morgan fingerprint density at radius 2 is 1.76 bits per heavy atom. The molecule has 2 bridgehead atoms. The maximum Gasteiger partial charge on any atom is 0.410 e. The van der Waals surface area contributed by atoms with E-state index in [1.165, 1.54) is 0 Å². The van der Waals surface area contributed by atoms with Gasteiger partial charge in [0.15, 0.2) is 0 Å². The summed E-state index contributed by atoms with van der Waals surface area (Å²) in [5, 5.41) is 0. The van der Waals surface area contributed by atoms with Crippen LogP contribution in [0.3, 0.4) is 0 Å². The van der Waals surface area contributed by atoms with Crippen LogP contribution in [0.2, 0.25) is 0 Å². The van der Waals surface area contributed by atoms with Crippen LogP contribution in [0, 0.1) is 0 Å². The number of carbonyl (C=O) groups excluding carboxylic acids is 1. The molecule has 1 amide bonds. The van der Waals surface area contributed by atoms with Gasteiger partial charge in [0.2, 0.25) is 0 Å². The van der Waals surface area contributed by atoms with Crippen molar-refractivity contribution in [2.75, 3.05) is 33.4 Å². The molecule has 2 unspecified atom stereocenters. The van der Waals surface area contributed by atoms with Gasteiger partial charge >= 0.3 is 6.09 Å². The Labute approximate surface area is 103 Å². The van der Waals surface area contributed by atoms with Gasteiger partial charge in [0, 0.05) is 13.1 Å². The molecule has 5 heteroatoms. The van der Waals surface area contributed by atoms with Crippen LogP contribution in [0.15, 0.2) is 0 Å². The van der Waals surface area contributed by atoms with Crippen LogP contribution in [0.4, 0.5) is 4.79 Å². The summed E-state index contributed by atoms with van der Waals surface area (Å²) in [5.41, 5.74) is -0.425. The summed E-state index contributed by atoms with van der Waals surface area (Å²) in [6, 6.07) is 0.602. The number of nitrogens with zero attached hydrogens (tertiary/aromatic N) is 2. The van der Waals surface area contributed by atoms with E-state index in [0.717, 1.165) is 0 Å². The zero-order valence-electron chi connectivity index (χ0n) is 11.1. The third kappa shape index (κ3) is 2.90. The Bertz CT molecular complexity index is 287. The molecule has 0 aliphatic carbocycles. The lowest BCUT2D eigenvalue weighted by molar-refractivity contribution is -0.0862. The first-order valence-electron chi connectivity index (χ1n) is 6.14. The van der Waals surface area contributed by atoms with Gasteiger partial charge in [-0.25, -0.2) is 4.79 Å². The SMILES string of the molecule is CN1C2COCC1CN(C(=O)OC(C)(C)C)C2. The predicted octanol–water partition coefficient (Wildman–Crippen LogP) is 0.936. The lowest BCUT2D eigenvalue weighted by atomic mass is 10.1. The summed E-state index contributed by atoms with van der Waals surface area (Å²) in [5.74, 6) is 0. The van der Waals surface area contributed by atoms with Crippen molar-refractivity contribution in [1.82, 2.24) is 9.80 Å². The molecule has 0 aromatic rings. The standard InChI is InChI=1S/C12H22N2O3/c1-12(2,3)17-11(15)14-5-9-7-16-8-10(6-14)13(9)4/h9-10H,5-8H2,1-4H3. The molecule has 0 aromatic carbocycles.